The van der Waals surface area contributed by atoms with Crippen molar-refractivity contribution in [3.63, 3.8) is 0 Å². The molecule has 1 unspecified atom stereocenters. The fourth-order valence-electron chi connectivity index (χ4n) is 3.17. The van der Waals surface area contributed by atoms with E-state index >= 15 is 0 Å². The van der Waals surface area contributed by atoms with Crippen molar-refractivity contribution in [1.82, 2.24) is 9.80 Å². The summed E-state index contributed by atoms with van der Waals surface area (Å²) in [6.45, 7) is 6.57. The highest BCUT2D eigenvalue weighted by Crippen LogP contribution is 2.31. The van der Waals surface area contributed by atoms with E-state index in [1.54, 1.807) is 0 Å². The van der Waals surface area contributed by atoms with Crippen molar-refractivity contribution in [1.29, 1.82) is 0 Å². The number of piperidine rings is 1. The molecule has 0 saturated carbocycles. The number of rotatable bonds is 6. The molecule has 0 radical (unpaired) electrons. The van der Waals surface area contributed by atoms with Gasteiger partial charge in [0.05, 0.1) is 6.04 Å². The van der Waals surface area contributed by atoms with Gasteiger partial charge in [-0.3, -0.25) is 4.90 Å². The van der Waals surface area contributed by atoms with Crippen LogP contribution in [0.3, 0.4) is 0 Å². The maximum Gasteiger partial charge on any atom is 0.0564 e. The first-order valence-electron chi connectivity index (χ1n) is 7.81. The van der Waals surface area contributed by atoms with E-state index in [4.69, 9.17) is 5.73 Å². The maximum atomic E-state index is 6.06. The number of nitrogens with two attached hydrogens (primary N) is 1. The van der Waals surface area contributed by atoms with Gasteiger partial charge in [-0.2, -0.15) is 0 Å². The Morgan fingerprint density at radius 1 is 1.35 bits per heavy atom. The molecule has 2 N–H and O–H groups in total. The van der Waals surface area contributed by atoms with Crippen LogP contribution in [0.2, 0.25) is 0 Å². The Hall–Kier alpha value is -0.420. The largest absolute Gasteiger partial charge is 0.329 e. The van der Waals surface area contributed by atoms with E-state index in [0.29, 0.717) is 6.04 Å². The Morgan fingerprint density at radius 3 is 2.55 bits per heavy atom. The van der Waals surface area contributed by atoms with Crippen LogP contribution < -0.4 is 5.73 Å². The number of thiophene rings is 1. The first kappa shape index (κ1) is 16.0. The molecule has 2 heterocycles. The summed E-state index contributed by atoms with van der Waals surface area (Å²) in [5.41, 5.74) is 6.06. The van der Waals surface area contributed by atoms with Crippen LogP contribution in [-0.2, 0) is 6.42 Å². The fraction of sp³-hybridized carbons (Fsp3) is 0.750. The molecule has 1 fully saturated rings. The molecule has 0 spiro atoms. The van der Waals surface area contributed by atoms with Gasteiger partial charge >= 0.3 is 0 Å². The minimum atomic E-state index is 0.431. The highest BCUT2D eigenvalue weighted by atomic mass is 32.1. The first-order valence-corrected chi connectivity index (χ1v) is 8.63. The third kappa shape index (κ3) is 4.04. The minimum absolute atomic E-state index is 0.431. The molecule has 1 aliphatic heterocycles. The molecule has 0 bridgehead atoms. The quantitative estimate of drug-likeness (QED) is 0.875. The summed E-state index contributed by atoms with van der Waals surface area (Å²) in [7, 11) is 4.35. The Labute approximate surface area is 127 Å². The van der Waals surface area contributed by atoms with Gasteiger partial charge in [-0.05, 0) is 64.5 Å². The van der Waals surface area contributed by atoms with E-state index in [2.05, 4.69) is 43.0 Å². The van der Waals surface area contributed by atoms with Crippen LogP contribution >= 0.6 is 11.3 Å². The van der Waals surface area contributed by atoms with Crippen molar-refractivity contribution in [2.24, 2.45) is 11.7 Å². The third-order valence-electron chi connectivity index (χ3n) is 4.30. The average molecular weight is 295 g/mol. The minimum Gasteiger partial charge on any atom is -0.329 e. The fourth-order valence-corrected chi connectivity index (χ4v) is 4.27. The maximum absolute atomic E-state index is 6.06. The molecular formula is C16H29N3S. The second-order valence-electron chi connectivity index (χ2n) is 6.15. The first-order chi connectivity index (χ1) is 9.63. The van der Waals surface area contributed by atoms with E-state index < -0.39 is 0 Å². The Kier molecular flexibility index (Phi) is 6.02. The lowest BCUT2D eigenvalue weighted by atomic mass is 9.95. The van der Waals surface area contributed by atoms with Gasteiger partial charge in [0.25, 0.3) is 0 Å². The predicted octanol–water partition coefficient (Wildman–Crippen LogP) is 2.58. The summed E-state index contributed by atoms with van der Waals surface area (Å²) in [5.74, 6) is 0.856. The number of likely N-dealkylation sites (tertiary alicyclic amines) is 1. The molecule has 3 nitrogen and oxygen atoms in total. The molecule has 114 valence electrons. The standard InChI is InChI=1S/C16H29N3S/c1-4-14-5-6-16(20-14)15(11-17)19-9-7-13(8-10-19)12-18(2)3/h5-6,13,15H,4,7-12,17H2,1-3H3. The van der Waals surface area contributed by atoms with Crippen LogP contribution in [0.25, 0.3) is 0 Å². The summed E-state index contributed by atoms with van der Waals surface area (Å²) < 4.78 is 0. The number of hydrogen-bond donors (Lipinski definition) is 1. The summed E-state index contributed by atoms with van der Waals surface area (Å²) in [5, 5.41) is 0. The topological polar surface area (TPSA) is 32.5 Å². The smallest absolute Gasteiger partial charge is 0.0564 e. The van der Waals surface area contributed by atoms with Crippen molar-refractivity contribution in [3.8, 4) is 0 Å². The summed E-state index contributed by atoms with van der Waals surface area (Å²) in [4.78, 5) is 7.83. The zero-order chi connectivity index (χ0) is 14.5. The SMILES string of the molecule is CCc1ccc(C(CN)N2CCC(CN(C)C)CC2)s1. The second kappa shape index (κ2) is 7.55. The monoisotopic (exact) mass is 295 g/mol. The van der Waals surface area contributed by atoms with Crippen LogP contribution in [0.1, 0.15) is 35.6 Å². The molecule has 1 aliphatic rings. The Morgan fingerprint density at radius 2 is 2.05 bits per heavy atom. The Balaban J connectivity index is 1.93. The number of hydrogen-bond acceptors (Lipinski definition) is 4. The molecule has 20 heavy (non-hydrogen) atoms. The third-order valence-corrected chi connectivity index (χ3v) is 5.63. The van der Waals surface area contributed by atoms with Crippen LogP contribution in [0.5, 0.6) is 0 Å². The van der Waals surface area contributed by atoms with Gasteiger partial charge in [0, 0.05) is 22.8 Å². The molecule has 0 amide bonds. The molecule has 2 rings (SSSR count). The highest BCUT2D eigenvalue weighted by molar-refractivity contribution is 7.12. The van der Waals surface area contributed by atoms with E-state index in [1.807, 2.05) is 11.3 Å². The van der Waals surface area contributed by atoms with Crippen molar-refractivity contribution in [2.45, 2.75) is 32.2 Å². The second-order valence-corrected chi connectivity index (χ2v) is 7.35. The predicted molar refractivity (Wildman–Crippen MR) is 88.3 cm³/mol. The van der Waals surface area contributed by atoms with E-state index in [-0.39, 0.29) is 0 Å². The molecule has 1 aromatic heterocycles. The van der Waals surface area contributed by atoms with Crippen molar-refractivity contribution in [2.75, 3.05) is 40.3 Å². The van der Waals surface area contributed by atoms with Gasteiger partial charge in [0.1, 0.15) is 0 Å². The van der Waals surface area contributed by atoms with Crippen molar-refractivity contribution < 1.29 is 0 Å². The van der Waals surface area contributed by atoms with Crippen LogP contribution in [-0.4, -0.2) is 50.1 Å². The van der Waals surface area contributed by atoms with Crippen molar-refractivity contribution in [3.05, 3.63) is 21.9 Å². The number of nitrogens with zero attached hydrogens (tertiary/aromatic N) is 2. The zero-order valence-electron chi connectivity index (χ0n) is 13.1. The van der Waals surface area contributed by atoms with Gasteiger partial charge in [0.15, 0.2) is 0 Å². The van der Waals surface area contributed by atoms with Crippen molar-refractivity contribution >= 4 is 11.3 Å². The van der Waals surface area contributed by atoms with Gasteiger partial charge in [-0.15, -0.1) is 11.3 Å². The molecular weight excluding hydrogens is 266 g/mol. The van der Waals surface area contributed by atoms with Crippen LogP contribution in [0, 0.1) is 5.92 Å². The molecule has 0 aliphatic carbocycles. The Bertz CT molecular complexity index is 394. The van der Waals surface area contributed by atoms with Gasteiger partial charge in [-0.25, -0.2) is 0 Å². The molecule has 4 heteroatoms. The average Bonchev–Trinajstić information content (AvgIpc) is 2.90. The van der Waals surface area contributed by atoms with E-state index in [9.17, 15) is 0 Å². The van der Waals surface area contributed by atoms with Gasteiger partial charge in [0.2, 0.25) is 0 Å². The highest BCUT2D eigenvalue weighted by Gasteiger charge is 2.26. The molecule has 1 atom stereocenters. The molecule has 0 aromatic carbocycles. The van der Waals surface area contributed by atoms with Gasteiger partial charge in [-0.1, -0.05) is 6.92 Å². The normalized spacial score (nSPS) is 19.6. The summed E-state index contributed by atoms with van der Waals surface area (Å²) in [6, 6.07) is 4.98. The zero-order valence-corrected chi connectivity index (χ0v) is 14.0. The van der Waals surface area contributed by atoms with E-state index in [0.717, 1.165) is 18.9 Å². The van der Waals surface area contributed by atoms with Crippen LogP contribution in [0.15, 0.2) is 12.1 Å². The van der Waals surface area contributed by atoms with E-state index in [1.165, 1.54) is 42.2 Å². The summed E-state index contributed by atoms with van der Waals surface area (Å²) >= 11 is 1.94. The summed E-state index contributed by atoms with van der Waals surface area (Å²) in [6.07, 6.45) is 3.74. The molecule has 1 saturated heterocycles. The number of aryl methyl sites for hydroxylation is 1. The van der Waals surface area contributed by atoms with Crippen LogP contribution in [0.4, 0.5) is 0 Å². The lowest BCUT2D eigenvalue weighted by Crippen LogP contribution is -2.41. The van der Waals surface area contributed by atoms with Gasteiger partial charge < -0.3 is 10.6 Å². The lowest BCUT2D eigenvalue weighted by Gasteiger charge is -2.37. The lowest BCUT2D eigenvalue weighted by molar-refractivity contribution is 0.124. The molecule has 1 aromatic rings.